The summed E-state index contributed by atoms with van der Waals surface area (Å²) in [6, 6.07) is 9.14. The van der Waals surface area contributed by atoms with E-state index in [2.05, 4.69) is 9.98 Å². The van der Waals surface area contributed by atoms with Crippen molar-refractivity contribution in [1.82, 2.24) is 5.06 Å². The zero-order valence-corrected chi connectivity index (χ0v) is 31.3. The highest BCUT2D eigenvalue weighted by Gasteiger charge is 2.85. The Hall–Kier alpha value is -3.10. The molecule has 6 nitrogen and oxygen atoms in total. The van der Waals surface area contributed by atoms with E-state index < -0.39 is 60.6 Å². The van der Waals surface area contributed by atoms with Crippen LogP contribution in [0.1, 0.15) is 91.5 Å². The number of amidine groups is 2. The molecule has 2 aromatic rings. The number of halogens is 6. The molecule has 4 heterocycles. The summed E-state index contributed by atoms with van der Waals surface area (Å²) in [7, 11) is 0. The molecule has 8 rings (SSSR count). The van der Waals surface area contributed by atoms with Crippen molar-refractivity contribution in [3.63, 3.8) is 0 Å². The van der Waals surface area contributed by atoms with E-state index in [9.17, 15) is 10.1 Å². The van der Waals surface area contributed by atoms with E-state index in [1.165, 1.54) is 24.3 Å². The zero-order chi connectivity index (χ0) is 37.7. The van der Waals surface area contributed by atoms with Crippen molar-refractivity contribution in [1.29, 1.82) is 0 Å². The highest BCUT2D eigenvalue weighted by Crippen LogP contribution is 2.78. The molecule has 0 radical (unpaired) electrons. The first kappa shape index (κ1) is 35.0. The molecule has 14 heteroatoms. The summed E-state index contributed by atoms with van der Waals surface area (Å²) < 4.78 is 93.6. The van der Waals surface area contributed by atoms with E-state index in [1.807, 2.05) is 27.7 Å². The first-order chi connectivity index (χ1) is 23.1. The minimum atomic E-state index is -5.71. The quantitative estimate of drug-likeness (QED) is 0.226. The van der Waals surface area contributed by atoms with Crippen molar-refractivity contribution in [2.45, 2.75) is 128 Å². The molecular formula is C37H36F6N4O2S2. The fourth-order valence-electron chi connectivity index (χ4n) is 8.05. The number of hydrogen-bond donors (Lipinski definition) is 0. The van der Waals surface area contributed by atoms with Gasteiger partial charge in [0.2, 0.25) is 0 Å². The summed E-state index contributed by atoms with van der Waals surface area (Å²) in [4.78, 5) is 23.6. The van der Waals surface area contributed by atoms with E-state index in [4.69, 9.17) is 0 Å². The third-order valence-electron chi connectivity index (χ3n) is 12.8. The van der Waals surface area contributed by atoms with Crippen LogP contribution in [0.5, 0.6) is 0 Å². The second-order valence-corrected chi connectivity index (χ2v) is 19.5. The molecule has 0 spiro atoms. The zero-order valence-electron chi connectivity index (χ0n) is 29.7. The summed E-state index contributed by atoms with van der Waals surface area (Å²) in [5, 5.41) is 14.2. The molecule has 0 aromatic heterocycles. The summed E-state index contributed by atoms with van der Waals surface area (Å²) in [5.41, 5.74) is -5.57. The predicted molar refractivity (Wildman–Crippen MR) is 188 cm³/mol. The predicted octanol–water partition coefficient (Wildman–Crippen LogP) is 9.77. The topological polar surface area (TPSA) is 71.1 Å². The maximum atomic E-state index is 16.2. The van der Waals surface area contributed by atoms with Gasteiger partial charge in [0.15, 0.2) is 11.1 Å². The van der Waals surface area contributed by atoms with E-state index in [-0.39, 0.29) is 33.9 Å². The lowest BCUT2D eigenvalue weighted by Crippen LogP contribution is -2.50. The second-order valence-electron chi connectivity index (χ2n) is 16.6. The van der Waals surface area contributed by atoms with E-state index in [0.717, 1.165) is 33.3 Å². The Bertz CT molecular complexity index is 2190. The minimum absolute atomic E-state index is 0.129. The summed E-state index contributed by atoms with van der Waals surface area (Å²) >= 11 is 2.26. The van der Waals surface area contributed by atoms with Crippen LogP contribution in [-0.4, -0.2) is 70.9 Å². The van der Waals surface area contributed by atoms with Gasteiger partial charge < -0.3 is 10.3 Å². The number of rotatable bonds is 2. The average molecular weight is 747 g/mol. The van der Waals surface area contributed by atoms with Crippen LogP contribution in [0.3, 0.4) is 0 Å². The molecule has 0 N–H and O–H groups in total. The Morgan fingerprint density at radius 1 is 0.647 bits per heavy atom. The molecule has 0 saturated heterocycles. The lowest BCUT2D eigenvalue weighted by Gasteiger charge is -2.47. The lowest BCUT2D eigenvalue weighted by atomic mass is 9.68. The molecule has 2 aliphatic carbocycles. The number of fused-ring (bicyclic) bond motifs is 8. The molecule has 0 amide bonds. The Labute approximate surface area is 300 Å². The molecule has 51 heavy (non-hydrogen) atoms. The fourth-order valence-corrected chi connectivity index (χ4v) is 11.3. The molecule has 270 valence electrons. The standard InChI is InChI=1S/C37H36F6N4O2S2/c1-29(2)31(5,6)46(48)27(44-29)17-11-13-19-21(15-17)50-33(9)23(19)25-26(36(40,41)37(42,43)35(25,38)39)24-20-14-12-18(16-22(20)51-34(24,33)10)28-45-30(3,4)32(7,8)47(28)49/h11-16H,1-10H3/t33-,34-/m1/s1. The number of allylic oxidation sites excluding steroid dienone is 2. The Kier molecular flexibility index (Phi) is 6.40. The Morgan fingerprint density at radius 2 is 1.10 bits per heavy atom. The van der Waals surface area contributed by atoms with Gasteiger partial charge in [-0.3, -0.25) is 4.99 Å². The highest BCUT2D eigenvalue weighted by molar-refractivity contribution is 8.06. The van der Waals surface area contributed by atoms with Crippen molar-refractivity contribution in [3.8, 4) is 0 Å². The van der Waals surface area contributed by atoms with Crippen LogP contribution in [0.4, 0.5) is 26.3 Å². The van der Waals surface area contributed by atoms with Gasteiger partial charge in [0.05, 0.1) is 20.6 Å². The summed E-state index contributed by atoms with van der Waals surface area (Å²) in [6.45, 7) is 17.6. The number of hydroxylamine groups is 2. The molecule has 1 saturated carbocycles. The van der Waals surface area contributed by atoms with Gasteiger partial charge in [-0.25, -0.2) is 0 Å². The van der Waals surface area contributed by atoms with Crippen LogP contribution in [0.25, 0.3) is 11.1 Å². The van der Waals surface area contributed by atoms with Crippen molar-refractivity contribution >= 4 is 46.3 Å². The van der Waals surface area contributed by atoms with Crippen molar-refractivity contribution in [2.24, 2.45) is 9.98 Å². The maximum Gasteiger partial charge on any atom is 0.380 e. The largest absolute Gasteiger partial charge is 0.757 e. The van der Waals surface area contributed by atoms with Crippen LogP contribution in [-0.2, 0) is 0 Å². The molecule has 2 atom stereocenters. The first-order valence-electron chi connectivity index (χ1n) is 16.6. The number of thioether (sulfide) groups is 2. The van der Waals surface area contributed by atoms with Gasteiger partial charge in [0.1, 0.15) is 5.84 Å². The lowest BCUT2D eigenvalue weighted by molar-refractivity contribution is -0.514. The van der Waals surface area contributed by atoms with Crippen LogP contribution in [0.2, 0.25) is 0 Å². The van der Waals surface area contributed by atoms with Gasteiger partial charge in [-0.2, -0.15) is 26.3 Å². The molecule has 1 fully saturated rings. The smallest absolute Gasteiger partial charge is 0.380 e. The van der Waals surface area contributed by atoms with Crippen LogP contribution < -0.4 is 0 Å². The molecule has 0 bridgehead atoms. The second kappa shape index (κ2) is 9.33. The molecule has 0 unspecified atom stereocenters. The van der Waals surface area contributed by atoms with Gasteiger partial charge in [-0.15, -0.1) is 23.5 Å². The summed E-state index contributed by atoms with van der Waals surface area (Å²) in [6.07, 6.45) is 0. The third-order valence-corrected chi connectivity index (χ3v) is 16.1. The number of nitroso groups, excluding NO2 is 1. The summed E-state index contributed by atoms with van der Waals surface area (Å²) in [5.74, 6) is -15.9. The number of alkyl halides is 6. The van der Waals surface area contributed by atoms with Gasteiger partial charge in [0, 0.05) is 32.0 Å². The molecule has 4 aliphatic heterocycles. The molecular weight excluding hydrogens is 711 g/mol. The number of benzene rings is 2. The normalized spacial score (nSPS) is 32.0. The van der Waals surface area contributed by atoms with Gasteiger partial charge in [-0.1, -0.05) is 28.1 Å². The fraction of sp³-hybridized carbons (Fsp3) is 0.514. The van der Waals surface area contributed by atoms with Crippen molar-refractivity contribution in [3.05, 3.63) is 79.9 Å². The number of aliphatic imine (C=N–C) groups is 2. The molecule has 2 aromatic carbocycles. The minimum Gasteiger partial charge on any atom is -0.757 e. The van der Waals surface area contributed by atoms with E-state index in [0.29, 0.717) is 20.9 Å². The maximum absolute atomic E-state index is 16.2. The van der Waals surface area contributed by atoms with Crippen molar-refractivity contribution < 1.29 is 31.1 Å². The van der Waals surface area contributed by atoms with Crippen LogP contribution >= 0.6 is 23.5 Å². The van der Waals surface area contributed by atoms with Crippen molar-refractivity contribution in [2.75, 3.05) is 0 Å². The SMILES string of the molecule is CC1(C)N=C(c2ccc3c(c2)S[C@]2(C)C3=C3C(=C4c5ccc(C6=NC(C)(C)C(C)(C)[N+]6=O)cc5S[C@]42C)C(F)(F)C(F)(F)C3(F)F)N([O-])C1(C)C. The highest BCUT2D eigenvalue weighted by atomic mass is 32.2. The average Bonchev–Trinajstić information content (AvgIpc) is 3.63. The van der Waals surface area contributed by atoms with E-state index >= 15 is 26.3 Å². The monoisotopic (exact) mass is 746 g/mol. The number of nitrogens with zero attached hydrogens (tertiary/aromatic N) is 4. The van der Waals surface area contributed by atoms with Crippen LogP contribution in [0.15, 0.2) is 67.3 Å². The van der Waals surface area contributed by atoms with Gasteiger partial charge in [0.25, 0.3) is 0 Å². The van der Waals surface area contributed by atoms with Gasteiger partial charge in [-0.05, 0) is 114 Å². The molecule has 6 aliphatic rings. The van der Waals surface area contributed by atoms with E-state index in [1.54, 1.807) is 53.7 Å². The van der Waals surface area contributed by atoms with Crippen LogP contribution in [0, 0.1) is 10.1 Å². The third kappa shape index (κ3) is 3.70. The number of hydrogen-bond acceptors (Lipinski definition) is 7. The first-order valence-corrected chi connectivity index (χ1v) is 18.2. The Morgan fingerprint density at radius 3 is 1.51 bits per heavy atom. The Balaban J connectivity index is 1.36. The van der Waals surface area contributed by atoms with Gasteiger partial charge >= 0.3 is 23.6 Å².